The maximum absolute atomic E-state index is 11.9. The first-order valence-electron chi connectivity index (χ1n) is 6.26. The summed E-state index contributed by atoms with van der Waals surface area (Å²) in [6.07, 6.45) is 3.59. The first-order valence-corrected chi connectivity index (χ1v) is 6.26. The zero-order chi connectivity index (χ0) is 13.7. The van der Waals surface area contributed by atoms with E-state index in [1.54, 1.807) is 23.0 Å². The van der Waals surface area contributed by atoms with E-state index in [0.29, 0.717) is 12.1 Å². The number of nitrogens with zero attached hydrogens (tertiary/aromatic N) is 2. The molecule has 0 saturated heterocycles. The van der Waals surface area contributed by atoms with Crippen LogP contribution in [0.3, 0.4) is 0 Å². The van der Waals surface area contributed by atoms with Gasteiger partial charge in [-0.2, -0.15) is 5.10 Å². The number of halogens is 1. The first kappa shape index (κ1) is 16.2. The third-order valence-corrected chi connectivity index (χ3v) is 2.96. The van der Waals surface area contributed by atoms with E-state index < -0.39 is 0 Å². The van der Waals surface area contributed by atoms with Crippen molar-refractivity contribution in [3.05, 3.63) is 48.3 Å². The van der Waals surface area contributed by atoms with Crippen LogP contribution in [0.2, 0.25) is 0 Å². The second-order valence-electron chi connectivity index (χ2n) is 4.40. The van der Waals surface area contributed by atoms with E-state index in [9.17, 15) is 4.79 Å². The number of carbonyl (C=O) groups excluding carboxylic acids is 1. The third kappa shape index (κ3) is 4.08. The van der Waals surface area contributed by atoms with Gasteiger partial charge in [-0.05, 0) is 44.3 Å². The number of aromatic nitrogens is 2. The summed E-state index contributed by atoms with van der Waals surface area (Å²) in [4.78, 5) is 11.9. The lowest BCUT2D eigenvalue weighted by Crippen LogP contribution is -2.37. The van der Waals surface area contributed by atoms with E-state index >= 15 is 0 Å². The number of carbonyl (C=O) groups is 1. The number of benzene rings is 1. The molecule has 108 valence electrons. The average Bonchev–Trinajstić information content (AvgIpc) is 2.98. The second-order valence-corrected chi connectivity index (χ2v) is 4.40. The lowest BCUT2D eigenvalue weighted by atomic mass is 10.2. The molecule has 0 aliphatic carbocycles. The Kier molecular flexibility index (Phi) is 6.21. The highest BCUT2D eigenvalue weighted by atomic mass is 35.5. The first-order chi connectivity index (χ1) is 9.20. The van der Waals surface area contributed by atoms with Crippen LogP contribution in [-0.2, 0) is 0 Å². The van der Waals surface area contributed by atoms with Gasteiger partial charge in [-0.15, -0.1) is 12.4 Å². The van der Waals surface area contributed by atoms with E-state index in [4.69, 9.17) is 0 Å². The summed E-state index contributed by atoms with van der Waals surface area (Å²) in [5.41, 5.74) is 1.59. The SMILES string of the molecule is CNC(C)CNC(=O)c1ccc(-n2cccn2)cc1.Cl. The molecule has 1 aromatic carbocycles. The van der Waals surface area contributed by atoms with Gasteiger partial charge in [0.15, 0.2) is 0 Å². The van der Waals surface area contributed by atoms with Gasteiger partial charge in [0.05, 0.1) is 5.69 Å². The van der Waals surface area contributed by atoms with Crippen LogP contribution in [0.5, 0.6) is 0 Å². The molecule has 1 amide bonds. The van der Waals surface area contributed by atoms with Crippen LogP contribution in [0, 0.1) is 0 Å². The molecule has 20 heavy (non-hydrogen) atoms. The largest absolute Gasteiger partial charge is 0.350 e. The Labute approximate surface area is 124 Å². The fourth-order valence-corrected chi connectivity index (χ4v) is 1.64. The Morgan fingerprint density at radius 2 is 2.05 bits per heavy atom. The van der Waals surface area contributed by atoms with Crippen molar-refractivity contribution in [1.29, 1.82) is 0 Å². The summed E-state index contributed by atoms with van der Waals surface area (Å²) in [6.45, 7) is 2.62. The molecule has 6 heteroatoms. The highest BCUT2D eigenvalue weighted by Gasteiger charge is 2.07. The van der Waals surface area contributed by atoms with Crippen molar-refractivity contribution in [1.82, 2.24) is 20.4 Å². The fraction of sp³-hybridized carbons (Fsp3) is 0.286. The molecule has 2 N–H and O–H groups in total. The van der Waals surface area contributed by atoms with Crippen molar-refractivity contribution in [2.24, 2.45) is 0 Å². The van der Waals surface area contributed by atoms with Crippen LogP contribution in [0.15, 0.2) is 42.7 Å². The van der Waals surface area contributed by atoms with E-state index in [1.165, 1.54) is 0 Å². The predicted octanol–water partition coefficient (Wildman–Crippen LogP) is 1.63. The molecule has 0 aliphatic rings. The molecule has 1 heterocycles. The van der Waals surface area contributed by atoms with Crippen molar-refractivity contribution in [2.75, 3.05) is 13.6 Å². The van der Waals surface area contributed by atoms with Gasteiger partial charge in [0, 0.05) is 30.5 Å². The molecule has 0 fully saturated rings. The van der Waals surface area contributed by atoms with Gasteiger partial charge in [-0.3, -0.25) is 4.79 Å². The summed E-state index contributed by atoms with van der Waals surface area (Å²) in [7, 11) is 1.87. The van der Waals surface area contributed by atoms with Crippen molar-refractivity contribution in [2.45, 2.75) is 13.0 Å². The van der Waals surface area contributed by atoms with Crippen molar-refractivity contribution in [3.63, 3.8) is 0 Å². The molecule has 0 aliphatic heterocycles. The van der Waals surface area contributed by atoms with E-state index in [2.05, 4.69) is 15.7 Å². The molecule has 0 bridgehead atoms. The minimum absolute atomic E-state index is 0. The minimum Gasteiger partial charge on any atom is -0.350 e. The number of hydrogen-bond acceptors (Lipinski definition) is 3. The van der Waals surface area contributed by atoms with Crippen LogP contribution in [0.4, 0.5) is 0 Å². The molecular formula is C14H19ClN4O. The monoisotopic (exact) mass is 294 g/mol. The summed E-state index contributed by atoms with van der Waals surface area (Å²) < 4.78 is 1.75. The Bertz CT molecular complexity index is 525. The van der Waals surface area contributed by atoms with E-state index in [-0.39, 0.29) is 24.4 Å². The Balaban J connectivity index is 0.00000200. The van der Waals surface area contributed by atoms with Crippen LogP contribution in [0.25, 0.3) is 5.69 Å². The van der Waals surface area contributed by atoms with Crippen molar-refractivity contribution in [3.8, 4) is 5.69 Å². The molecular weight excluding hydrogens is 276 g/mol. The van der Waals surface area contributed by atoms with Gasteiger partial charge >= 0.3 is 0 Å². The van der Waals surface area contributed by atoms with Gasteiger partial charge < -0.3 is 10.6 Å². The number of likely N-dealkylation sites (N-methyl/N-ethyl adjacent to an activating group) is 1. The average molecular weight is 295 g/mol. The lowest BCUT2D eigenvalue weighted by Gasteiger charge is -2.11. The number of hydrogen-bond donors (Lipinski definition) is 2. The molecule has 1 atom stereocenters. The zero-order valence-corrected chi connectivity index (χ0v) is 12.4. The molecule has 0 saturated carbocycles. The topological polar surface area (TPSA) is 58.9 Å². The molecule has 1 aromatic heterocycles. The summed E-state index contributed by atoms with van der Waals surface area (Å²) in [6, 6.07) is 9.48. The van der Waals surface area contributed by atoms with Crippen molar-refractivity contribution < 1.29 is 4.79 Å². The quantitative estimate of drug-likeness (QED) is 0.881. The molecule has 0 radical (unpaired) electrons. The Morgan fingerprint density at radius 3 is 2.60 bits per heavy atom. The van der Waals surface area contributed by atoms with Gasteiger partial charge in [-0.25, -0.2) is 4.68 Å². The smallest absolute Gasteiger partial charge is 0.251 e. The Hall–Kier alpha value is -1.85. The highest BCUT2D eigenvalue weighted by Crippen LogP contribution is 2.08. The number of nitrogens with one attached hydrogen (secondary N) is 2. The van der Waals surface area contributed by atoms with Crippen LogP contribution < -0.4 is 10.6 Å². The van der Waals surface area contributed by atoms with Crippen molar-refractivity contribution >= 4 is 18.3 Å². The molecule has 0 spiro atoms. The minimum atomic E-state index is -0.0610. The maximum atomic E-state index is 11.9. The zero-order valence-electron chi connectivity index (χ0n) is 11.5. The third-order valence-electron chi connectivity index (χ3n) is 2.96. The van der Waals surface area contributed by atoms with Crippen LogP contribution in [-0.4, -0.2) is 35.3 Å². The summed E-state index contributed by atoms with van der Waals surface area (Å²) in [5, 5.41) is 10.1. The van der Waals surface area contributed by atoms with Crippen LogP contribution >= 0.6 is 12.4 Å². The number of rotatable bonds is 5. The second kappa shape index (κ2) is 7.67. The van der Waals surface area contributed by atoms with E-state index in [0.717, 1.165) is 5.69 Å². The van der Waals surface area contributed by atoms with Gasteiger partial charge in [0.1, 0.15) is 0 Å². The van der Waals surface area contributed by atoms with Gasteiger partial charge in [0.2, 0.25) is 0 Å². The fourth-order valence-electron chi connectivity index (χ4n) is 1.64. The van der Waals surface area contributed by atoms with Gasteiger partial charge in [0.25, 0.3) is 5.91 Å². The standard InChI is InChI=1S/C14H18N4O.ClH/c1-11(15-2)10-16-14(19)12-4-6-13(7-5-12)18-9-3-8-17-18;/h3-9,11,15H,10H2,1-2H3,(H,16,19);1H. The summed E-state index contributed by atoms with van der Waals surface area (Å²) >= 11 is 0. The van der Waals surface area contributed by atoms with E-state index in [1.807, 2.05) is 38.4 Å². The summed E-state index contributed by atoms with van der Waals surface area (Å²) in [5.74, 6) is -0.0610. The molecule has 2 rings (SSSR count). The molecule has 1 unspecified atom stereocenters. The van der Waals surface area contributed by atoms with Gasteiger partial charge in [-0.1, -0.05) is 0 Å². The molecule has 5 nitrogen and oxygen atoms in total. The predicted molar refractivity (Wildman–Crippen MR) is 81.7 cm³/mol. The lowest BCUT2D eigenvalue weighted by molar-refractivity contribution is 0.0950. The normalized spacial score (nSPS) is 11.5. The number of amides is 1. The highest BCUT2D eigenvalue weighted by molar-refractivity contribution is 5.94. The molecule has 2 aromatic rings. The Morgan fingerprint density at radius 1 is 1.35 bits per heavy atom. The maximum Gasteiger partial charge on any atom is 0.251 e. The van der Waals surface area contributed by atoms with Crippen LogP contribution in [0.1, 0.15) is 17.3 Å².